The number of ether oxygens (including phenoxy) is 6. The third-order valence-electron chi connectivity index (χ3n) is 12.0. The molecule has 374 valence electrons. The van der Waals surface area contributed by atoms with Crippen molar-refractivity contribution in [2.75, 3.05) is 116 Å². The molecule has 2 fully saturated rings. The van der Waals surface area contributed by atoms with Gasteiger partial charge >= 0.3 is 0 Å². The highest BCUT2D eigenvalue weighted by atomic mass is 35.5. The van der Waals surface area contributed by atoms with E-state index in [4.69, 9.17) is 45.0 Å². The molecule has 19 nitrogen and oxygen atoms in total. The van der Waals surface area contributed by atoms with E-state index in [1.54, 1.807) is 29.2 Å². The Labute approximate surface area is 412 Å². The third-order valence-corrected chi connectivity index (χ3v) is 12.3. The number of benzene rings is 4. The van der Waals surface area contributed by atoms with E-state index in [0.29, 0.717) is 101 Å². The quantitative estimate of drug-likeness (QED) is 0.0431. The molecular formula is C50H53ClFN7O12. The third kappa shape index (κ3) is 11.9. The minimum Gasteiger partial charge on any atom is -0.508 e. The topological polar surface area (TPSA) is 221 Å². The zero-order valence-electron chi connectivity index (χ0n) is 38.8. The Morgan fingerprint density at radius 2 is 1.45 bits per heavy atom. The molecule has 0 aliphatic carbocycles. The number of phenolic OH excluding ortho intramolecular Hbond substituents is 1. The second-order valence-corrected chi connectivity index (χ2v) is 16.9. The summed E-state index contributed by atoms with van der Waals surface area (Å²) in [6, 6.07) is 15.7. The minimum atomic E-state index is -1.06. The highest BCUT2D eigenvalue weighted by Gasteiger charge is 2.46. The molecule has 1 unspecified atom stereocenters. The molecular weight excluding hydrogens is 945 g/mol. The van der Waals surface area contributed by atoms with Gasteiger partial charge in [0.1, 0.15) is 35.5 Å². The van der Waals surface area contributed by atoms with Crippen LogP contribution in [0.2, 0.25) is 5.02 Å². The number of aromatic nitrogens is 2. The number of halogens is 2. The first kappa shape index (κ1) is 50.6. The first-order valence-electron chi connectivity index (χ1n) is 23.2. The van der Waals surface area contributed by atoms with E-state index in [-0.39, 0.29) is 89.9 Å². The van der Waals surface area contributed by atoms with E-state index in [2.05, 4.69) is 22.2 Å². The SMILES string of the molecule is C=CC(=O)N1CCN(c2nc(NCCOCCOCCOCCOCCOCCOc3cccc4c3C(=O)N(C3CCC(=O)NC3=O)C4=O)nc3c(F)c(-c4cc(O)cc5ccccc45)c(Cl)cc23)CC1. The highest BCUT2D eigenvalue weighted by Crippen LogP contribution is 2.42. The average Bonchev–Trinajstić information content (AvgIpc) is 3.62. The van der Waals surface area contributed by atoms with Crippen LogP contribution in [-0.2, 0) is 38.1 Å². The summed E-state index contributed by atoms with van der Waals surface area (Å²) in [5, 5.41) is 17.9. The fourth-order valence-electron chi connectivity index (χ4n) is 8.55. The summed E-state index contributed by atoms with van der Waals surface area (Å²) >= 11 is 6.85. The summed E-state index contributed by atoms with van der Waals surface area (Å²) in [6.45, 7) is 8.86. The van der Waals surface area contributed by atoms with Crippen molar-refractivity contribution in [1.82, 2.24) is 25.1 Å². The maximum absolute atomic E-state index is 16.9. The van der Waals surface area contributed by atoms with Crippen molar-refractivity contribution in [3.8, 4) is 22.6 Å². The molecule has 3 N–H and O–H groups in total. The van der Waals surface area contributed by atoms with E-state index in [9.17, 15) is 29.1 Å². The van der Waals surface area contributed by atoms with Crippen LogP contribution in [0.25, 0.3) is 32.8 Å². The smallest absolute Gasteiger partial charge is 0.266 e. The Kier molecular flexibility index (Phi) is 17.0. The predicted octanol–water partition coefficient (Wildman–Crippen LogP) is 4.76. The molecule has 8 rings (SSSR count). The number of carbonyl (C=O) groups excluding carboxylic acids is 5. The summed E-state index contributed by atoms with van der Waals surface area (Å²) in [4.78, 5) is 76.4. The van der Waals surface area contributed by atoms with Crippen LogP contribution in [0.15, 0.2) is 73.3 Å². The number of amides is 5. The molecule has 5 aromatic rings. The van der Waals surface area contributed by atoms with Crippen LogP contribution in [0.3, 0.4) is 0 Å². The van der Waals surface area contributed by atoms with Crippen LogP contribution in [-0.4, -0.2) is 166 Å². The van der Waals surface area contributed by atoms with Gasteiger partial charge in [-0.2, -0.15) is 4.98 Å². The molecule has 3 aliphatic heterocycles. The van der Waals surface area contributed by atoms with Crippen molar-refractivity contribution < 1.29 is 61.9 Å². The van der Waals surface area contributed by atoms with E-state index >= 15 is 4.39 Å². The Morgan fingerprint density at radius 1 is 0.789 bits per heavy atom. The molecule has 4 aromatic carbocycles. The Hall–Kier alpha value is -6.81. The standard InChI is InChI=1S/C50H53ClFN7O12/c1-2-41(62)57-13-15-58(16-14-57)46-36-30-37(51)42(35-29-32(60)28-31-6-3-4-7-33(31)35)44(52)45(36)55-50(56-46)53-12-17-66-18-19-67-20-21-68-22-23-69-24-25-70-26-27-71-39-9-5-8-34-43(39)49(65)59(48(34)64)38-10-11-40(61)54-47(38)63/h2-9,28-30,38,60H,1,10-27H2,(H,53,55,56)(H,54,61,63). The van der Waals surface area contributed by atoms with E-state index in [1.807, 2.05) is 29.2 Å². The summed E-state index contributed by atoms with van der Waals surface area (Å²) in [6.07, 6.45) is 1.38. The maximum Gasteiger partial charge on any atom is 0.266 e. The number of phenols is 1. The van der Waals surface area contributed by atoms with Gasteiger partial charge in [0.15, 0.2) is 5.82 Å². The Bertz CT molecular complexity index is 2810. The monoisotopic (exact) mass is 997 g/mol. The Morgan fingerprint density at radius 3 is 2.13 bits per heavy atom. The molecule has 0 radical (unpaired) electrons. The fourth-order valence-corrected chi connectivity index (χ4v) is 8.84. The number of piperidine rings is 1. The van der Waals surface area contributed by atoms with Gasteiger partial charge in [-0.25, -0.2) is 9.37 Å². The largest absolute Gasteiger partial charge is 0.508 e. The van der Waals surface area contributed by atoms with Crippen LogP contribution in [0.1, 0.15) is 33.6 Å². The number of rotatable bonds is 24. The molecule has 5 amide bonds. The number of aromatic hydroxyl groups is 1. The molecule has 0 bridgehead atoms. The minimum absolute atomic E-state index is 0.0316. The van der Waals surface area contributed by atoms with Gasteiger partial charge in [-0.05, 0) is 59.2 Å². The van der Waals surface area contributed by atoms with Gasteiger partial charge in [-0.1, -0.05) is 48.5 Å². The molecule has 21 heteroatoms. The van der Waals surface area contributed by atoms with Crippen molar-refractivity contribution >= 4 is 74.6 Å². The number of imide groups is 2. The lowest BCUT2D eigenvalue weighted by Crippen LogP contribution is -2.54. The second kappa shape index (κ2) is 23.9. The number of hydrogen-bond acceptors (Lipinski definition) is 16. The van der Waals surface area contributed by atoms with Crippen LogP contribution in [0.5, 0.6) is 11.5 Å². The van der Waals surface area contributed by atoms with Gasteiger partial charge in [-0.3, -0.25) is 34.2 Å². The second-order valence-electron chi connectivity index (χ2n) is 16.5. The van der Waals surface area contributed by atoms with Crippen LogP contribution >= 0.6 is 11.6 Å². The van der Waals surface area contributed by atoms with Crippen molar-refractivity contribution in [2.45, 2.75) is 18.9 Å². The molecule has 0 saturated carbocycles. The molecule has 2 saturated heterocycles. The van der Waals surface area contributed by atoms with Gasteiger partial charge < -0.3 is 48.6 Å². The first-order valence-corrected chi connectivity index (χ1v) is 23.6. The molecule has 1 aromatic heterocycles. The lowest BCUT2D eigenvalue weighted by Gasteiger charge is -2.35. The lowest BCUT2D eigenvalue weighted by atomic mass is 9.96. The molecule has 0 spiro atoms. The number of carbonyl (C=O) groups is 5. The number of piperazine rings is 1. The Balaban J connectivity index is 0.714. The van der Waals surface area contributed by atoms with Crippen LogP contribution < -0.4 is 20.3 Å². The fraction of sp³-hybridized carbons (Fsp3) is 0.380. The van der Waals surface area contributed by atoms with Gasteiger partial charge in [-0.15, -0.1) is 0 Å². The average molecular weight is 998 g/mol. The number of nitrogens with zero attached hydrogens (tertiary/aromatic N) is 5. The lowest BCUT2D eigenvalue weighted by molar-refractivity contribution is -0.136. The van der Waals surface area contributed by atoms with Crippen LogP contribution in [0.4, 0.5) is 16.2 Å². The maximum atomic E-state index is 16.9. The van der Waals surface area contributed by atoms with Crippen molar-refractivity contribution in [1.29, 1.82) is 0 Å². The highest BCUT2D eigenvalue weighted by molar-refractivity contribution is 6.35. The summed E-state index contributed by atoms with van der Waals surface area (Å²) in [7, 11) is 0. The van der Waals surface area contributed by atoms with Crippen molar-refractivity contribution in [3.05, 3.63) is 95.3 Å². The summed E-state index contributed by atoms with van der Waals surface area (Å²) in [5.41, 5.74) is 0.787. The number of nitrogens with one attached hydrogen (secondary N) is 2. The molecule has 3 aliphatic rings. The van der Waals surface area contributed by atoms with E-state index < -0.39 is 35.5 Å². The van der Waals surface area contributed by atoms with Crippen molar-refractivity contribution in [2.24, 2.45) is 0 Å². The van der Waals surface area contributed by atoms with E-state index in [0.717, 1.165) is 10.3 Å². The van der Waals surface area contributed by atoms with Gasteiger partial charge in [0, 0.05) is 50.1 Å². The molecule has 1 atom stereocenters. The number of hydrogen-bond donors (Lipinski definition) is 3. The predicted molar refractivity (Wildman–Crippen MR) is 259 cm³/mol. The molecule has 4 heterocycles. The zero-order chi connectivity index (χ0) is 49.9. The first-order chi connectivity index (χ1) is 34.5. The number of fused-ring (bicyclic) bond motifs is 3. The summed E-state index contributed by atoms with van der Waals surface area (Å²) in [5.74, 6) is -2.39. The van der Waals surface area contributed by atoms with Crippen molar-refractivity contribution in [3.63, 3.8) is 0 Å². The van der Waals surface area contributed by atoms with Gasteiger partial charge in [0.05, 0.1) is 82.2 Å². The van der Waals surface area contributed by atoms with Crippen LogP contribution in [0, 0.1) is 5.82 Å². The number of anilines is 2. The normalized spacial score (nSPS) is 16.0. The van der Waals surface area contributed by atoms with Gasteiger partial charge in [0.2, 0.25) is 23.7 Å². The summed E-state index contributed by atoms with van der Waals surface area (Å²) < 4.78 is 50.7. The molecule has 71 heavy (non-hydrogen) atoms. The van der Waals surface area contributed by atoms with Gasteiger partial charge in [0.25, 0.3) is 11.8 Å². The van der Waals surface area contributed by atoms with E-state index in [1.165, 1.54) is 18.2 Å². The zero-order valence-corrected chi connectivity index (χ0v) is 39.5.